The number of amides is 1. The van der Waals surface area contributed by atoms with Crippen molar-refractivity contribution in [3.05, 3.63) is 66.0 Å². The van der Waals surface area contributed by atoms with Crippen LogP contribution in [0.4, 0.5) is 5.69 Å². The van der Waals surface area contributed by atoms with Crippen LogP contribution in [0.15, 0.2) is 54.7 Å². The molecule has 0 aliphatic heterocycles. The Morgan fingerprint density at radius 3 is 2.58 bits per heavy atom. The second-order valence-corrected chi connectivity index (χ2v) is 5.25. The highest BCUT2D eigenvalue weighted by atomic mass is 16.5. The van der Waals surface area contributed by atoms with Gasteiger partial charge in [0.15, 0.2) is 12.3 Å². The molecule has 8 heteroatoms. The number of nitrogens with one attached hydrogen (secondary N) is 1. The van der Waals surface area contributed by atoms with Crippen molar-refractivity contribution >= 4 is 34.6 Å². The Morgan fingerprint density at radius 1 is 1.04 bits per heavy atom. The number of carboxylic acids is 1. The molecule has 0 radical (unpaired) electrons. The van der Waals surface area contributed by atoms with Gasteiger partial charge in [0.2, 0.25) is 0 Å². The van der Waals surface area contributed by atoms with Crippen molar-refractivity contribution in [3.8, 4) is 0 Å². The monoisotopic (exact) mass is 351 g/mol. The lowest BCUT2D eigenvalue weighted by Gasteiger charge is -2.07. The smallest absolute Gasteiger partial charge is 0.359 e. The zero-order valence-electron chi connectivity index (χ0n) is 13.4. The standard InChI is InChI=1S/C18H13N3O5/c22-16(20-12-5-3-4-11(8-12)17(23)24)10-26-18(25)15-9-19-13-6-1-2-7-14(13)21-15/h1-9H,10H2,(H,20,22)(H,23,24). The van der Waals surface area contributed by atoms with E-state index in [1.807, 2.05) is 0 Å². The van der Waals surface area contributed by atoms with Crippen LogP contribution in [-0.4, -0.2) is 39.5 Å². The first kappa shape index (κ1) is 17.0. The van der Waals surface area contributed by atoms with E-state index in [2.05, 4.69) is 15.3 Å². The summed E-state index contributed by atoms with van der Waals surface area (Å²) in [6.45, 7) is -0.537. The number of carbonyl (C=O) groups excluding carboxylic acids is 2. The third-order valence-corrected chi connectivity index (χ3v) is 3.39. The Morgan fingerprint density at radius 2 is 1.81 bits per heavy atom. The van der Waals surface area contributed by atoms with Gasteiger partial charge in [-0.05, 0) is 30.3 Å². The minimum atomic E-state index is -1.11. The summed E-state index contributed by atoms with van der Waals surface area (Å²) in [6, 6.07) is 12.8. The summed E-state index contributed by atoms with van der Waals surface area (Å²) < 4.78 is 4.92. The quantitative estimate of drug-likeness (QED) is 0.676. The van der Waals surface area contributed by atoms with Crippen LogP contribution >= 0.6 is 0 Å². The Balaban J connectivity index is 1.60. The molecule has 0 bridgehead atoms. The highest BCUT2D eigenvalue weighted by Crippen LogP contribution is 2.11. The van der Waals surface area contributed by atoms with Gasteiger partial charge in [-0.2, -0.15) is 0 Å². The highest BCUT2D eigenvalue weighted by Gasteiger charge is 2.13. The van der Waals surface area contributed by atoms with Crippen molar-refractivity contribution in [2.24, 2.45) is 0 Å². The molecule has 0 spiro atoms. The van der Waals surface area contributed by atoms with E-state index in [1.54, 1.807) is 24.3 Å². The zero-order chi connectivity index (χ0) is 18.5. The summed E-state index contributed by atoms with van der Waals surface area (Å²) in [5.74, 6) is -2.49. The van der Waals surface area contributed by atoms with Gasteiger partial charge in [0.05, 0.1) is 22.8 Å². The number of hydrogen-bond acceptors (Lipinski definition) is 6. The Bertz CT molecular complexity index is 1000. The normalized spacial score (nSPS) is 10.3. The van der Waals surface area contributed by atoms with Gasteiger partial charge < -0.3 is 15.2 Å². The molecule has 0 unspecified atom stereocenters. The van der Waals surface area contributed by atoms with Crippen LogP contribution in [0, 0.1) is 0 Å². The van der Waals surface area contributed by atoms with Crippen molar-refractivity contribution in [2.45, 2.75) is 0 Å². The number of aromatic nitrogens is 2. The fraction of sp³-hybridized carbons (Fsp3) is 0.0556. The molecular weight excluding hydrogens is 338 g/mol. The van der Waals surface area contributed by atoms with E-state index in [9.17, 15) is 14.4 Å². The minimum absolute atomic E-state index is 0.00984. The van der Waals surface area contributed by atoms with Crippen LogP contribution in [0.2, 0.25) is 0 Å². The summed E-state index contributed by atoms with van der Waals surface area (Å²) in [5, 5.41) is 11.4. The maximum Gasteiger partial charge on any atom is 0.359 e. The fourth-order valence-corrected chi connectivity index (χ4v) is 2.19. The van der Waals surface area contributed by atoms with E-state index in [1.165, 1.54) is 30.5 Å². The summed E-state index contributed by atoms with van der Waals surface area (Å²) in [5.41, 5.74) is 1.49. The lowest BCUT2D eigenvalue weighted by atomic mass is 10.2. The zero-order valence-corrected chi connectivity index (χ0v) is 13.4. The number of fused-ring (bicyclic) bond motifs is 1. The van der Waals surface area contributed by atoms with Crippen LogP contribution in [0.1, 0.15) is 20.8 Å². The molecule has 0 aliphatic rings. The topological polar surface area (TPSA) is 118 Å². The van der Waals surface area contributed by atoms with E-state index in [0.717, 1.165) is 0 Å². The molecule has 0 aliphatic carbocycles. The van der Waals surface area contributed by atoms with E-state index >= 15 is 0 Å². The maximum atomic E-state index is 12.0. The Labute approximate surface area is 147 Å². The van der Waals surface area contributed by atoms with Crippen molar-refractivity contribution < 1.29 is 24.2 Å². The van der Waals surface area contributed by atoms with Crippen molar-refractivity contribution in [1.82, 2.24) is 9.97 Å². The third-order valence-electron chi connectivity index (χ3n) is 3.39. The number of benzene rings is 2. The first-order valence-corrected chi connectivity index (χ1v) is 7.55. The lowest BCUT2D eigenvalue weighted by Crippen LogP contribution is -2.21. The number of esters is 1. The van der Waals surface area contributed by atoms with Gasteiger partial charge in [0, 0.05) is 5.69 Å². The molecule has 3 aromatic rings. The number of para-hydroxylation sites is 2. The molecule has 2 aromatic carbocycles. The molecule has 130 valence electrons. The predicted octanol–water partition coefficient (Wildman–Crippen LogP) is 2.12. The average Bonchev–Trinajstić information content (AvgIpc) is 2.66. The van der Waals surface area contributed by atoms with Crippen LogP contribution in [0.3, 0.4) is 0 Å². The van der Waals surface area contributed by atoms with Crippen molar-refractivity contribution in [2.75, 3.05) is 11.9 Å². The lowest BCUT2D eigenvalue weighted by molar-refractivity contribution is -0.119. The average molecular weight is 351 g/mol. The molecule has 3 rings (SSSR count). The van der Waals surface area contributed by atoms with E-state index < -0.39 is 24.5 Å². The first-order chi connectivity index (χ1) is 12.5. The van der Waals surface area contributed by atoms with Gasteiger partial charge >= 0.3 is 11.9 Å². The second-order valence-electron chi connectivity index (χ2n) is 5.25. The predicted molar refractivity (Wildman–Crippen MR) is 91.9 cm³/mol. The largest absolute Gasteiger partial charge is 0.478 e. The van der Waals surface area contributed by atoms with Gasteiger partial charge in [-0.1, -0.05) is 18.2 Å². The van der Waals surface area contributed by atoms with Crippen molar-refractivity contribution in [1.29, 1.82) is 0 Å². The van der Waals surface area contributed by atoms with Gasteiger partial charge in [-0.3, -0.25) is 9.78 Å². The molecular formula is C18H13N3O5. The van der Waals surface area contributed by atoms with E-state index in [0.29, 0.717) is 11.0 Å². The van der Waals surface area contributed by atoms with Crippen molar-refractivity contribution in [3.63, 3.8) is 0 Å². The molecule has 0 saturated heterocycles. The molecule has 2 N–H and O–H groups in total. The molecule has 0 atom stereocenters. The number of rotatable bonds is 5. The number of aromatic carboxylic acids is 1. The number of nitrogens with zero attached hydrogens (tertiary/aromatic N) is 2. The molecule has 0 fully saturated rings. The van der Waals surface area contributed by atoms with E-state index in [-0.39, 0.29) is 16.9 Å². The Hall–Kier alpha value is -3.81. The molecule has 8 nitrogen and oxygen atoms in total. The van der Waals surface area contributed by atoms with Gasteiger partial charge in [0.25, 0.3) is 5.91 Å². The highest BCUT2D eigenvalue weighted by molar-refractivity contribution is 5.96. The molecule has 1 amide bonds. The number of anilines is 1. The minimum Gasteiger partial charge on any atom is -0.478 e. The summed E-state index contributed by atoms with van der Waals surface area (Å²) in [4.78, 5) is 43.0. The van der Waals surface area contributed by atoms with Gasteiger partial charge in [0.1, 0.15) is 0 Å². The summed E-state index contributed by atoms with van der Waals surface area (Å²) in [7, 11) is 0. The molecule has 26 heavy (non-hydrogen) atoms. The summed E-state index contributed by atoms with van der Waals surface area (Å²) in [6.07, 6.45) is 1.28. The van der Waals surface area contributed by atoms with Crippen LogP contribution in [0.25, 0.3) is 11.0 Å². The SMILES string of the molecule is O=C(COC(=O)c1cnc2ccccc2n1)Nc1cccc(C(=O)O)c1. The van der Waals surface area contributed by atoms with Gasteiger partial charge in [-0.25, -0.2) is 14.6 Å². The Kier molecular flexibility index (Phi) is 4.84. The second kappa shape index (κ2) is 7.39. The molecule has 0 saturated carbocycles. The third kappa shape index (κ3) is 3.99. The van der Waals surface area contributed by atoms with Crippen LogP contribution < -0.4 is 5.32 Å². The fourth-order valence-electron chi connectivity index (χ4n) is 2.19. The number of carbonyl (C=O) groups is 3. The number of carboxylic acid groups (broad SMARTS) is 1. The number of ether oxygens (including phenoxy) is 1. The van der Waals surface area contributed by atoms with Crippen LogP contribution in [-0.2, 0) is 9.53 Å². The number of hydrogen-bond donors (Lipinski definition) is 2. The molecule has 1 heterocycles. The molecule has 1 aromatic heterocycles. The summed E-state index contributed by atoms with van der Waals surface area (Å²) >= 11 is 0. The van der Waals surface area contributed by atoms with Crippen LogP contribution in [0.5, 0.6) is 0 Å². The van der Waals surface area contributed by atoms with Gasteiger partial charge in [-0.15, -0.1) is 0 Å². The van der Waals surface area contributed by atoms with E-state index in [4.69, 9.17) is 9.84 Å². The maximum absolute atomic E-state index is 12.0. The first-order valence-electron chi connectivity index (χ1n) is 7.55.